The van der Waals surface area contributed by atoms with E-state index in [0.29, 0.717) is 19.0 Å². The van der Waals surface area contributed by atoms with E-state index in [2.05, 4.69) is 10.6 Å². The van der Waals surface area contributed by atoms with Crippen LogP contribution in [0.15, 0.2) is 72.8 Å². The van der Waals surface area contributed by atoms with Gasteiger partial charge in [0, 0.05) is 29.4 Å². The molecule has 1 aliphatic heterocycles. The zero-order chi connectivity index (χ0) is 20.1. The van der Waals surface area contributed by atoms with Crippen molar-refractivity contribution in [3.8, 4) is 22.6 Å². The van der Waals surface area contributed by atoms with Crippen LogP contribution < -0.4 is 20.1 Å². The highest BCUT2D eigenvalue weighted by atomic mass is 16.5. The third-order valence-corrected chi connectivity index (χ3v) is 4.79. The van der Waals surface area contributed by atoms with Crippen LogP contribution >= 0.6 is 0 Å². The molecule has 1 aliphatic rings. The fourth-order valence-corrected chi connectivity index (χ4v) is 3.27. The number of amides is 1. The average Bonchev–Trinajstić information content (AvgIpc) is 3.00. The molecule has 5 nitrogen and oxygen atoms in total. The van der Waals surface area contributed by atoms with Gasteiger partial charge in [-0.1, -0.05) is 48.5 Å². The van der Waals surface area contributed by atoms with Crippen molar-refractivity contribution in [1.82, 2.24) is 0 Å². The van der Waals surface area contributed by atoms with Crippen molar-refractivity contribution in [2.75, 3.05) is 23.8 Å². The van der Waals surface area contributed by atoms with Crippen molar-refractivity contribution < 1.29 is 14.3 Å². The summed E-state index contributed by atoms with van der Waals surface area (Å²) in [5, 5.41) is 6.29. The maximum absolute atomic E-state index is 12.8. The first kappa shape index (κ1) is 18.9. The van der Waals surface area contributed by atoms with Crippen molar-refractivity contribution in [3.05, 3.63) is 72.8 Å². The Morgan fingerprint density at radius 1 is 0.897 bits per heavy atom. The predicted molar refractivity (Wildman–Crippen MR) is 116 cm³/mol. The number of hydrogen-bond acceptors (Lipinski definition) is 4. The maximum Gasteiger partial charge on any atom is 0.246 e. The largest absolute Gasteiger partial charge is 0.490 e. The van der Waals surface area contributed by atoms with Crippen LogP contribution in [-0.4, -0.2) is 25.2 Å². The summed E-state index contributed by atoms with van der Waals surface area (Å²) in [5.41, 5.74) is 3.65. The molecule has 5 heteroatoms. The van der Waals surface area contributed by atoms with Crippen LogP contribution in [0.5, 0.6) is 11.5 Å². The number of fused-ring (bicyclic) bond motifs is 1. The van der Waals surface area contributed by atoms with Gasteiger partial charge in [0.2, 0.25) is 5.91 Å². The molecule has 1 amide bonds. The molecule has 29 heavy (non-hydrogen) atoms. The molecule has 0 aliphatic carbocycles. The summed E-state index contributed by atoms with van der Waals surface area (Å²) in [5.74, 6) is 1.33. The first-order valence-corrected chi connectivity index (χ1v) is 9.82. The number of rotatable bonds is 5. The van der Waals surface area contributed by atoms with Crippen LogP contribution in [-0.2, 0) is 4.79 Å². The highest BCUT2D eigenvalue weighted by molar-refractivity contribution is 5.99. The minimum atomic E-state index is -0.427. The predicted octanol–water partition coefficient (Wildman–Crippen LogP) is 4.95. The summed E-state index contributed by atoms with van der Waals surface area (Å²) in [6.45, 7) is 3.12. The second-order valence-electron chi connectivity index (χ2n) is 6.98. The van der Waals surface area contributed by atoms with E-state index in [1.165, 1.54) is 0 Å². The van der Waals surface area contributed by atoms with E-state index in [0.717, 1.165) is 34.7 Å². The Bertz CT molecular complexity index is 988. The highest BCUT2D eigenvalue weighted by Crippen LogP contribution is 2.32. The van der Waals surface area contributed by atoms with Crippen molar-refractivity contribution in [3.63, 3.8) is 0 Å². The summed E-state index contributed by atoms with van der Waals surface area (Å²) >= 11 is 0. The molecule has 0 bridgehead atoms. The fraction of sp³-hybridized carbons (Fsp3) is 0.208. The number of benzene rings is 3. The Labute approximate surface area is 170 Å². The standard InChI is InChI=1S/C24H24N2O3/c1-17(25-19-12-13-22-23(16-19)29-15-7-14-28-22)24(27)26-21-11-6-5-10-20(21)18-8-3-2-4-9-18/h2-6,8-13,16-17,25H,7,14-15H2,1H3,(H,26,27)/t17-/m0/s1. The molecule has 0 saturated heterocycles. The molecule has 1 atom stereocenters. The van der Waals surface area contributed by atoms with E-state index in [1.54, 1.807) is 0 Å². The van der Waals surface area contributed by atoms with Crippen LogP contribution in [0.3, 0.4) is 0 Å². The summed E-state index contributed by atoms with van der Waals surface area (Å²) in [6, 6.07) is 23.1. The second kappa shape index (κ2) is 8.69. The minimum absolute atomic E-state index is 0.111. The number of ether oxygens (including phenoxy) is 2. The summed E-state index contributed by atoms with van der Waals surface area (Å²) < 4.78 is 11.4. The quantitative estimate of drug-likeness (QED) is 0.649. The van der Waals surface area contributed by atoms with Crippen LogP contribution in [0, 0.1) is 0 Å². The monoisotopic (exact) mass is 388 g/mol. The lowest BCUT2D eigenvalue weighted by Crippen LogP contribution is -2.32. The Morgan fingerprint density at radius 2 is 1.62 bits per heavy atom. The first-order chi connectivity index (χ1) is 14.2. The summed E-state index contributed by atoms with van der Waals surface area (Å²) in [4.78, 5) is 12.8. The van der Waals surface area contributed by atoms with Gasteiger partial charge in [-0.05, 0) is 30.7 Å². The molecule has 3 aromatic carbocycles. The van der Waals surface area contributed by atoms with Gasteiger partial charge in [0.15, 0.2) is 11.5 Å². The van der Waals surface area contributed by atoms with Crippen molar-refractivity contribution in [2.24, 2.45) is 0 Å². The molecule has 4 rings (SSSR count). The molecule has 148 valence electrons. The van der Waals surface area contributed by atoms with Crippen molar-refractivity contribution >= 4 is 17.3 Å². The van der Waals surface area contributed by atoms with E-state index >= 15 is 0 Å². The Balaban J connectivity index is 1.47. The maximum atomic E-state index is 12.8. The molecule has 0 spiro atoms. The van der Waals surface area contributed by atoms with Crippen molar-refractivity contribution in [2.45, 2.75) is 19.4 Å². The summed E-state index contributed by atoms with van der Waals surface area (Å²) in [6.07, 6.45) is 0.858. The van der Waals surface area contributed by atoms with E-state index in [-0.39, 0.29) is 5.91 Å². The average molecular weight is 388 g/mol. The second-order valence-corrected chi connectivity index (χ2v) is 6.98. The van der Waals surface area contributed by atoms with Gasteiger partial charge in [-0.15, -0.1) is 0 Å². The number of hydrogen-bond donors (Lipinski definition) is 2. The Hall–Kier alpha value is -3.47. The Morgan fingerprint density at radius 3 is 2.45 bits per heavy atom. The van der Waals surface area contributed by atoms with E-state index in [9.17, 15) is 4.79 Å². The topological polar surface area (TPSA) is 59.6 Å². The molecular formula is C24H24N2O3. The molecule has 1 heterocycles. The van der Waals surface area contributed by atoms with Crippen LogP contribution in [0.1, 0.15) is 13.3 Å². The van der Waals surface area contributed by atoms with Gasteiger partial charge in [0.25, 0.3) is 0 Å². The third-order valence-electron chi connectivity index (χ3n) is 4.79. The molecule has 3 aromatic rings. The van der Waals surface area contributed by atoms with Crippen LogP contribution in [0.2, 0.25) is 0 Å². The zero-order valence-electron chi connectivity index (χ0n) is 16.4. The van der Waals surface area contributed by atoms with Crippen LogP contribution in [0.4, 0.5) is 11.4 Å². The van der Waals surface area contributed by atoms with Crippen LogP contribution in [0.25, 0.3) is 11.1 Å². The number of nitrogens with one attached hydrogen (secondary N) is 2. The molecular weight excluding hydrogens is 364 g/mol. The number of carbonyl (C=O) groups excluding carboxylic acids is 1. The SMILES string of the molecule is C[C@H](Nc1ccc2c(c1)OCCCO2)C(=O)Nc1ccccc1-c1ccccc1. The normalized spacial score (nSPS) is 13.8. The van der Waals surface area contributed by atoms with Gasteiger partial charge >= 0.3 is 0 Å². The van der Waals surface area contributed by atoms with E-state index in [1.807, 2.05) is 79.7 Å². The highest BCUT2D eigenvalue weighted by Gasteiger charge is 2.17. The first-order valence-electron chi connectivity index (χ1n) is 9.82. The number of para-hydroxylation sites is 1. The van der Waals surface area contributed by atoms with Gasteiger partial charge < -0.3 is 20.1 Å². The summed E-state index contributed by atoms with van der Waals surface area (Å²) in [7, 11) is 0. The Kier molecular flexibility index (Phi) is 5.66. The van der Waals surface area contributed by atoms with E-state index in [4.69, 9.17) is 9.47 Å². The molecule has 0 aromatic heterocycles. The zero-order valence-corrected chi connectivity index (χ0v) is 16.4. The van der Waals surface area contributed by atoms with Gasteiger partial charge in [-0.3, -0.25) is 4.79 Å². The number of carbonyl (C=O) groups is 1. The third kappa shape index (κ3) is 4.51. The van der Waals surface area contributed by atoms with Gasteiger partial charge in [-0.2, -0.15) is 0 Å². The smallest absolute Gasteiger partial charge is 0.246 e. The molecule has 0 radical (unpaired) electrons. The lowest BCUT2D eigenvalue weighted by Gasteiger charge is -2.18. The number of anilines is 2. The molecule has 0 fully saturated rings. The molecule has 0 unspecified atom stereocenters. The van der Waals surface area contributed by atoms with Gasteiger partial charge in [-0.25, -0.2) is 0 Å². The molecule has 2 N–H and O–H groups in total. The lowest BCUT2D eigenvalue weighted by molar-refractivity contribution is -0.116. The molecule has 0 saturated carbocycles. The lowest BCUT2D eigenvalue weighted by atomic mass is 10.0. The fourth-order valence-electron chi connectivity index (χ4n) is 3.27. The van der Waals surface area contributed by atoms with Gasteiger partial charge in [0.05, 0.1) is 13.2 Å². The van der Waals surface area contributed by atoms with E-state index < -0.39 is 6.04 Å². The van der Waals surface area contributed by atoms with Gasteiger partial charge in [0.1, 0.15) is 6.04 Å². The minimum Gasteiger partial charge on any atom is -0.490 e. The van der Waals surface area contributed by atoms with Crippen molar-refractivity contribution in [1.29, 1.82) is 0 Å².